The van der Waals surface area contributed by atoms with Gasteiger partial charge >= 0.3 is 0 Å². The number of ether oxygens (including phenoxy) is 1. The van der Waals surface area contributed by atoms with E-state index in [0.717, 1.165) is 23.5 Å². The second kappa shape index (κ2) is 5.65. The number of anilines is 1. The minimum atomic E-state index is -0.280. The Labute approximate surface area is 111 Å². The van der Waals surface area contributed by atoms with Crippen LogP contribution in [-0.2, 0) is 0 Å². The van der Waals surface area contributed by atoms with Gasteiger partial charge < -0.3 is 10.1 Å². The Hall–Kier alpha value is -2.17. The van der Waals surface area contributed by atoms with E-state index in [1.807, 2.05) is 13.8 Å². The van der Waals surface area contributed by atoms with E-state index in [4.69, 9.17) is 4.74 Å². The molecule has 0 amide bonds. The number of nitrogens with one attached hydrogen (secondary N) is 1. The van der Waals surface area contributed by atoms with E-state index in [9.17, 15) is 4.39 Å². The summed E-state index contributed by atoms with van der Waals surface area (Å²) < 4.78 is 18.8. The van der Waals surface area contributed by atoms with Crippen molar-refractivity contribution in [2.45, 2.75) is 20.8 Å². The fourth-order valence-electron chi connectivity index (χ4n) is 1.71. The smallest absolute Gasteiger partial charge is 0.227 e. The van der Waals surface area contributed by atoms with Gasteiger partial charge in [-0.3, -0.25) is 0 Å². The first kappa shape index (κ1) is 13.3. The Morgan fingerprint density at radius 2 is 2.05 bits per heavy atom. The summed E-state index contributed by atoms with van der Waals surface area (Å²) in [7, 11) is 0. The van der Waals surface area contributed by atoms with Crippen LogP contribution in [0.4, 0.5) is 10.2 Å². The van der Waals surface area contributed by atoms with Gasteiger partial charge in [0.2, 0.25) is 5.88 Å². The Kier molecular flexibility index (Phi) is 3.94. The molecule has 4 nitrogen and oxygen atoms in total. The maximum absolute atomic E-state index is 13.0. The van der Waals surface area contributed by atoms with E-state index in [0.29, 0.717) is 11.6 Å². The third kappa shape index (κ3) is 2.99. The second-order valence-corrected chi connectivity index (χ2v) is 4.19. The average Bonchev–Trinajstić information content (AvgIpc) is 2.37. The molecule has 0 fully saturated rings. The number of nitrogens with zero attached hydrogens (tertiary/aromatic N) is 2. The summed E-state index contributed by atoms with van der Waals surface area (Å²) in [6.45, 7) is 6.44. The molecule has 0 spiro atoms. The van der Waals surface area contributed by atoms with E-state index in [-0.39, 0.29) is 5.82 Å². The van der Waals surface area contributed by atoms with Crippen LogP contribution >= 0.6 is 0 Å². The molecule has 2 rings (SSSR count). The van der Waals surface area contributed by atoms with Gasteiger partial charge in [-0.2, -0.15) is 0 Å². The summed E-state index contributed by atoms with van der Waals surface area (Å²) in [5.41, 5.74) is 1.55. The van der Waals surface area contributed by atoms with Crippen LogP contribution < -0.4 is 10.1 Å². The Bertz CT molecular complexity index is 587. The number of benzene rings is 1. The standard InChI is InChI=1S/C14H16FN3O/c1-4-16-13-10(3)14(18-8-17-13)19-12-6-5-11(15)7-9(12)2/h5-8H,4H2,1-3H3,(H,16,17,18). The second-order valence-electron chi connectivity index (χ2n) is 4.19. The van der Waals surface area contributed by atoms with Crippen LogP contribution in [0, 0.1) is 19.7 Å². The molecular formula is C14H16FN3O. The molecule has 19 heavy (non-hydrogen) atoms. The molecule has 1 aromatic heterocycles. The quantitative estimate of drug-likeness (QED) is 0.915. The molecule has 5 heteroatoms. The SMILES string of the molecule is CCNc1ncnc(Oc2ccc(F)cc2C)c1C. The molecular weight excluding hydrogens is 245 g/mol. The minimum absolute atomic E-state index is 0.280. The lowest BCUT2D eigenvalue weighted by atomic mass is 10.2. The van der Waals surface area contributed by atoms with Crippen molar-refractivity contribution in [2.75, 3.05) is 11.9 Å². The number of halogens is 1. The Morgan fingerprint density at radius 1 is 1.26 bits per heavy atom. The van der Waals surface area contributed by atoms with E-state index in [2.05, 4.69) is 15.3 Å². The van der Waals surface area contributed by atoms with Crippen molar-refractivity contribution in [1.29, 1.82) is 0 Å². The van der Waals surface area contributed by atoms with Gasteiger partial charge in [0.1, 0.15) is 23.7 Å². The molecule has 1 heterocycles. The van der Waals surface area contributed by atoms with Crippen LogP contribution in [0.15, 0.2) is 24.5 Å². The number of aryl methyl sites for hydroxylation is 1. The zero-order chi connectivity index (χ0) is 13.8. The zero-order valence-electron chi connectivity index (χ0n) is 11.2. The van der Waals surface area contributed by atoms with Crippen molar-refractivity contribution < 1.29 is 9.13 Å². The third-order valence-corrected chi connectivity index (χ3v) is 2.73. The summed E-state index contributed by atoms with van der Waals surface area (Å²) in [6, 6.07) is 4.39. The first-order valence-corrected chi connectivity index (χ1v) is 6.11. The lowest BCUT2D eigenvalue weighted by Crippen LogP contribution is -2.04. The lowest BCUT2D eigenvalue weighted by Gasteiger charge is -2.12. The molecule has 0 saturated heterocycles. The molecule has 0 aliphatic rings. The predicted molar refractivity (Wildman–Crippen MR) is 72.1 cm³/mol. The summed E-state index contributed by atoms with van der Waals surface area (Å²) in [6.07, 6.45) is 1.44. The average molecular weight is 261 g/mol. The zero-order valence-corrected chi connectivity index (χ0v) is 11.2. The molecule has 1 aromatic carbocycles. The van der Waals surface area contributed by atoms with Crippen LogP contribution in [0.3, 0.4) is 0 Å². The molecule has 0 saturated carbocycles. The number of aromatic nitrogens is 2. The van der Waals surface area contributed by atoms with Gasteiger partial charge in [0.05, 0.1) is 5.56 Å². The highest BCUT2D eigenvalue weighted by atomic mass is 19.1. The van der Waals surface area contributed by atoms with Gasteiger partial charge in [-0.15, -0.1) is 0 Å². The van der Waals surface area contributed by atoms with Gasteiger partial charge in [-0.05, 0) is 44.5 Å². The fraction of sp³-hybridized carbons (Fsp3) is 0.286. The van der Waals surface area contributed by atoms with Crippen molar-refractivity contribution in [2.24, 2.45) is 0 Å². The summed E-state index contributed by atoms with van der Waals surface area (Å²) >= 11 is 0. The fourth-order valence-corrected chi connectivity index (χ4v) is 1.71. The largest absolute Gasteiger partial charge is 0.438 e. The van der Waals surface area contributed by atoms with Crippen LogP contribution in [0.1, 0.15) is 18.1 Å². The highest BCUT2D eigenvalue weighted by molar-refractivity contribution is 5.49. The Balaban J connectivity index is 2.30. The predicted octanol–water partition coefficient (Wildman–Crippen LogP) is 3.46. The maximum Gasteiger partial charge on any atom is 0.227 e. The van der Waals surface area contributed by atoms with Gasteiger partial charge in [-0.1, -0.05) is 0 Å². The van der Waals surface area contributed by atoms with Crippen molar-refractivity contribution in [1.82, 2.24) is 9.97 Å². The number of rotatable bonds is 4. The number of hydrogen-bond donors (Lipinski definition) is 1. The molecule has 100 valence electrons. The normalized spacial score (nSPS) is 10.3. The van der Waals surface area contributed by atoms with Crippen LogP contribution in [0.25, 0.3) is 0 Å². The van der Waals surface area contributed by atoms with Gasteiger partial charge in [-0.25, -0.2) is 14.4 Å². The minimum Gasteiger partial charge on any atom is -0.438 e. The van der Waals surface area contributed by atoms with E-state index < -0.39 is 0 Å². The highest BCUT2D eigenvalue weighted by Gasteiger charge is 2.10. The molecule has 0 radical (unpaired) electrons. The maximum atomic E-state index is 13.0. The molecule has 1 N–H and O–H groups in total. The van der Waals surface area contributed by atoms with Crippen molar-refractivity contribution >= 4 is 5.82 Å². The van der Waals surface area contributed by atoms with Crippen molar-refractivity contribution in [3.8, 4) is 11.6 Å². The molecule has 0 bridgehead atoms. The molecule has 0 atom stereocenters. The van der Waals surface area contributed by atoms with Crippen LogP contribution in [0.2, 0.25) is 0 Å². The summed E-state index contributed by atoms with van der Waals surface area (Å²) in [4.78, 5) is 8.26. The van der Waals surface area contributed by atoms with Gasteiger partial charge in [0.15, 0.2) is 0 Å². The Morgan fingerprint density at radius 3 is 2.74 bits per heavy atom. The molecule has 0 aliphatic carbocycles. The molecule has 0 unspecified atom stereocenters. The summed E-state index contributed by atoms with van der Waals surface area (Å²) in [5.74, 6) is 1.52. The van der Waals surface area contributed by atoms with E-state index in [1.165, 1.54) is 18.5 Å². The lowest BCUT2D eigenvalue weighted by molar-refractivity contribution is 0.452. The number of hydrogen-bond acceptors (Lipinski definition) is 4. The van der Waals surface area contributed by atoms with E-state index >= 15 is 0 Å². The monoisotopic (exact) mass is 261 g/mol. The third-order valence-electron chi connectivity index (χ3n) is 2.73. The van der Waals surface area contributed by atoms with Crippen LogP contribution in [-0.4, -0.2) is 16.5 Å². The highest BCUT2D eigenvalue weighted by Crippen LogP contribution is 2.28. The van der Waals surface area contributed by atoms with Gasteiger partial charge in [0, 0.05) is 6.54 Å². The van der Waals surface area contributed by atoms with Crippen molar-refractivity contribution in [3.63, 3.8) is 0 Å². The molecule has 0 aliphatic heterocycles. The van der Waals surface area contributed by atoms with Crippen LogP contribution in [0.5, 0.6) is 11.6 Å². The van der Waals surface area contributed by atoms with Crippen molar-refractivity contribution in [3.05, 3.63) is 41.5 Å². The van der Waals surface area contributed by atoms with Gasteiger partial charge in [0.25, 0.3) is 0 Å². The first-order valence-electron chi connectivity index (χ1n) is 6.11. The first-order chi connectivity index (χ1) is 9.11. The topological polar surface area (TPSA) is 47.0 Å². The van der Waals surface area contributed by atoms with E-state index in [1.54, 1.807) is 13.0 Å². The summed E-state index contributed by atoms with van der Waals surface area (Å²) in [5, 5.41) is 3.13. The molecule has 2 aromatic rings.